The van der Waals surface area contributed by atoms with Crippen molar-refractivity contribution in [3.8, 4) is 5.75 Å². The van der Waals surface area contributed by atoms with E-state index in [0.717, 1.165) is 54.0 Å². The molecule has 4 aliphatic carbocycles. The van der Waals surface area contributed by atoms with Crippen LogP contribution in [0.15, 0.2) is 54.7 Å². The molecule has 2 amide bonds. The minimum Gasteiger partial charge on any atom is -0.487 e. The first kappa shape index (κ1) is 23.3. The molecular weight excluding hydrogens is 450 g/mol. The van der Waals surface area contributed by atoms with Crippen molar-refractivity contribution in [2.75, 3.05) is 26.2 Å². The highest BCUT2D eigenvalue weighted by molar-refractivity contribution is 5.92. The van der Waals surface area contributed by atoms with Crippen molar-refractivity contribution in [3.05, 3.63) is 66.0 Å². The van der Waals surface area contributed by atoms with Gasteiger partial charge in [0.15, 0.2) is 0 Å². The maximum absolute atomic E-state index is 13.6. The second kappa shape index (κ2) is 9.72. The van der Waals surface area contributed by atoms with E-state index >= 15 is 0 Å². The van der Waals surface area contributed by atoms with Crippen molar-refractivity contribution in [1.29, 1.82) is 0 Å². The number of carbonyl (C=O) groups excluding carboxylic acids is 2. The van der Waals surface area contributed by atoms with Crippen molar-refractivity contribution in [3.63, 3.8) is 0 Å². The summed E-state index contributed by atoms with van der Waals surface area (Å²) in [7, 11) is 0. The molecule has 6 nitrogen and oxygen atoms in total. The van der Waals surface area contributed by atoms with Crippen molar-refractivity contribution in [2.24, 2.45) is 23.2 Å². The molecule has 1 aromatic heterocycles. The van der Waals surface area contributed by atoms with Gasteiger partial charge in [0.1, 0.15) is 12.4 Å². The number of aromatic nitrogens is 1. The smallest absolute Gasteiger partial charge is 0.246 e. The van der Waals surface area contributed by atoms with Crippen LogP contribution in [0, 0.1) is 23.2 Å². The van der Waals surface area contributed by atoms with Crippen molar-refractivity contribution in [1.82, 2.24) is 14.8 Å². The fourth-order valence-corrected chi connectivity index (χ4v) is 7.43. The molecule has 4 bridgehead atoms. The van der Waals surface area contributed by atoms with E-state index in [1.165, 1.54) is 19.3 Å². The van der Waals surface area contributed by atoms with Gasteiger partial charge in [0.05, 0.1) is 11.1 Å². The minimum atomic E-state index is -0.0890. The Morgan fingerprint density at radius 1 is 0.889 bits per heavy atom. The third-order valence-corrected chi connectivity index (χ3v) is 8.78. The maximum Gasteiger partial charge on any atom is 0.246 e. The monoisotopic (exact) mass is 485 g/mol. The predicted molar refractivity (Wildman–Crippen MR) is 138 cm³/mol. The fourth-order valence-electron chi connectivity index (χ4n) is 7.43. The van der Waals surface area contributed by atoms with E-state index in [0.29, 0.717) is 38.7 Å². The largest absolute Gasteiger partial charge is 0.487 e. The molecule has 1 aromatic carbocycles. The van der Waals surface area contributed by atoms with Gasteiger partial charge in [0.25, 0.3) is 0 Å². The zero-order valence-corrected chi connectivity index (χ0v) is 20.9. The molecule has 4 saturated carbocycles. The first-order valence-electron chi connectivity index (χ1n) is 13.5. The molecular formula is C30H35N3O3. The summed E-state index contributed by atoms with van der Waals surface area (Å²) < 4.78 is 5.78. The molecule has 36 heavy (non-hydrogen) atoms. The fraction of sp³-hybridized carbons (Fsp3) is 0.500. The van der Waals surface area contributed by atoms with Crippen LogP contribution in [0.25, 0.3) is 6.08 Å². The van der Waals surface area contributed by atoms with Crippen molar-refractivity contribution < 1.29 is 14.3 Å². The van der Waals surface area contributed by atoms with Crippen LogP contribution in [0.2, 0.25) is 0 Å². The van der Waals surface area contributed by atoms with E-state index in [-0.39, 0.29) is 11.3 Å². The van der Waals surface area contributed by atoms with Gasteiger partial charge in [-0.15, -0.1) is 0 Å². The SMILES string of the molecule is O=C(/C=C/c1ccc(OCc2ccccn2)cc1)N1CCN(C(=O)C23CC4CC(CC(C4)C2)C3)CC1. The van der Waals surface area contributed by atoms with E-state index in [9.17, 15) is 9.59 Å². The van der Waals surface area contributed by atoms with Crippen LogP contribution in [0.4, 0.5) is 0 Å². The number of amides is 2. The van der Waals surface area contributed by atoms with Gasteiger partial charge in [0.2, 0.25) is 11.8 Å². The van der Waals surface area contributed by atoms with Crippen molar-refractivity contribution >= 4 is 17.9 Å². The van der Waals surface area contributed by atoms with E-state index in [1.807, 2.05) is 53.4 Å². The predicted octanol–water partition coefficient (Wildman–Crippen LogP) is 4.56. The minimum absolute atomic E-state index is 0.00684. The van der Waals surface area contributed by atoms with Gasteiger partial charge in [-0.2, -0.15) is 0 Å². The third kappa shape index (κ3) is 4.78. The Morgan fingerprint density at radius 3 is 2.14 bits per heavy atom. The lowest BCUT2D eigenvalue weighted by Crippen LogP contribution is -2.58. The normalized spacial score (nSPS) is 29.1. The van der Waals surface area contributed by atoms with Gasteiger partial charge in [0, 0.05) is 38.5 Å². The average Bonchev–Trinajstić information content (AvgIpc) is 2.90. The summed E-state index contributed by atoms with van der Waals surface area (Å²) in [6, 6.07) is 13.5. The molecule has 1 aliphatic heterocycles. The molecule has 0 unspecified atom stereocenters. The average molecular weight is 486 g/mol. The Kier molecular flexibility index (Phi) is 6.28. The summed E-state index contributed by atoms with van der Waals surface area (Å²) in [5, 5.41) is 0. The second-order valence-corrected chi connectivity index (χ2v) is 11.3. The lowest BCUT2D eigenvalue weighted by molar-refractivity contribution is -0.160. The summed E-state index contributed by atoms with van der Waals surface area (Å²) >= 11 is 0. The molecule has 5 aliphatic rings. The highest BCUT2D eigenvalue weighted by atomic mass is 16.5. The molecule has 6 heteroatoms. The summed E-state index contributed by atoms with van der Waals surface area (Å²) in [5.74, 6) is 3.48. The van der Waals surface area contributed by atoms with Crippen LogP contribution in [0.5, 0.6) is 5.75 Å². The van der Waals surface area contributed by atoms with Gasteiger partial charge >= 0.3 is 0 Å². The van der Waals surface area contributed by atoms with Crippen molar-refractivity contribution in [2.45, 2.75) is 45.1 Å². The molecule has 5 fully saturated rings. The number of carbonyl (C=O) groups is 2. The molecule has 0 atom stereocenters. The lowest BCUT2D eigenvalue weighted by Gasteiger charge is -2.57. The summed E-state index contributed by atoms with van der Waals surface area (Å²) in [6.45, 7) is 2.96. The van der Waals surface area contributed by atoms with E-state index in [2.05, 4.69) is 9.88 Å². The molecule has 0 spiro atoms. The molecule has 1 saturated heterocycles. The highest BCUT2D eigenvalue weighted by Gasteiger charge is 2.55. The quantitative estimate of drug-likeness (QED) is 0.563. The Bertz CT molecular complexity index is 1080. The molecule has 0 radical (unpaired) electrons. The van der Waals surface area contributed by atoms with E-state index in [1.54, 1.807) is 12.3 Å². The number of hydrogen-bond donors (Lipinski definition) is 0. The number of pyridine rings is 1. The Balaban J connectivity index is 0.989. The van der Waals surface area contributed by atoms with Gasteiger partial charge in [-0.25, -0.2) is 0 Å². The van der Waals surface area contributed by atoms with Crippen LogP contribution >= 0.6 is 0 Å². The number of hydrogen-bond acceptors (Lipinski definition) is 4. The standard InChI is InChI=1S/C30H35N3O3/c34-28(9-6-22-4-7-27(8-5-22)36-21-26-3-1-2-10-31-26)32-11-13-33(14-12-32)29(35)30-18-23-15-24(19-30)17-25(16-23)20-30/h1-10,23-25H,11-21H2/b9-6+. The lowest BCUT2D eigenvalue weighted by atomic mass is 9.49. The molecule has 2 aromatic rings. The van der Waals surface area contributed by atoms with Gasteiger partial charge in [-0.3, -0.25) is 14.6 Å². The van der Waals surface area contributed by atoms with Gasteiger partial charge < -0.3 is 14.5 Å². The summed E-state index contributed by atoms with van der Waals surface area (Å²) in [4.78, 5) is 34.6. The summed E-state index contributed by atoms with van der Waals surface area (Å²) in [6.07, 6.45) is 12.6. The first-order chi connectivity index (χ1) is 17.6. The van der Waals surface area contributed by atoms with Crippen LogP contribution in [0.1, 0.15) is 49.8 Å². The zero-order valence-electron chi connectivity index (χ0n) is 20.9. The number of piperazine rings is 1. The Labute approximate surface area is 213 Å². The Hall–Kier alpha value is -3.15. The maximum atomic E-state index is 13.6. The number of rotatable bonds is 6. The Morgan fingerprint density at radius 2 is 1.53 bits per heavy atom. The van der Waals surface area contributed by atoms with Crippen LogP contribution < -0.4 is 4.74 Å². The third-order valence-electron chi connectivity index (χ3n) is 8.78. The molecule has 2 heterocycles. The van der Waals surface area contributed by atoms with Crippen LogP contribution in [-0.4, -0.2) is 52.8 Å². The van der Waals surface area contributed by atoms with E-state index < -0.39 is 0 Å². The van der Waals surface area contributed by atoms with E-state index in [4.69, 9.17) is 4.74 Å². The van der Waals surface area contributed by atoms with Crippen LogP contribution in [0.3, 0.4) is 0 Å². The number of ether oxygens (including phenoxy) is 1. The number of nitrogens with zero attached hydrogens (tertiary/aromatic N) is 3. The topological polar surface area (TPSA) is 62.7 Å². The zero-order chi connectivity index (χ0) is 24.5. The molecule has 188 valence electrons. The van der Waals surface area contributed by atoms with Gasteiger partial charge in [-0.05, 0) is 92.2 Å². The first-order valence-corrected chi connectivity index (χ1v) is 13.5. The van der Waals surface area contributed by atoms with Crippen LogP contribution in [-0.2, 0) is 16.2 Å². The molecule has 7 rings (SSSR count). The summed E-state index contributed by atoms with van der Waals surface area (Å²) in [5.41, 5.74) is 1.74. The number of benzene rings is 1. The second-order valence-electron chi connectivity index (χ2n) is 11.3. The van der Waals surface area contributed by atoms with Gasteiger partial charge in [-0.1, -0.05) is 18.2 Å². The molecule has 0 N–H and O–H groups in total. The highest BCUT2D eigenvalue weighted by Crippen LogP contribution is 2.60.